The van der Waals surface area contributed by atoms with Crippen LogP contribution in [0.25, 0.3) is 0 Å². The standard InChI is InChI=1S/C13H14BrClN2O/c14-12-6-16-13(15)3-8(12)7-17-9-1-2-10(17)5-11(18)4-9/h3,6,9-10H,1-2,4-5,7H2. The first-order chi connectivity index (χ1) is 8.63. The van der Waals surface area contributed by atoms with Crippen molar-refractivity contribution >= 4 is 33.3 Å². The van der Waals surface area contributed by atoms with Crippen molar-refractivity contribution in [1.82, 2.24) is 9.88 Å². The number of carbonyl (C=O) groups is 1. The van der Waals surface area contributed by atoms with Crippen molar-refractivity contribution in [3.8, 4) is 0 Å². The third kappa shape index (κ3) is 2.33. The molecule has 2 aliphatic rings. The molecule has 3 nitrogen and oxygen atoms in total. The van der Waals surface area contributed by atoms with Gasteiger partial charge in [0.15, 0.2) is 0 Å². The van der Waals surface area contributed by atoms with Gasteiger partial charge in [-0.1, -0.05) is 11.6 Å². The van der Waals surface area contributed by atoms with Crippen molar-refractivity contribution in [1.29, 1.82) is 0 Å². The summed E-state index contributed by atoms with van der Waals surface area (Å²) in [6.07, 6.45) is 5.47. The number of carbonyl (C=O) groups excluding carboxylic acids is 1. The van der Waals surface area contributed by atoms with E-state index < -0.39 is 0 Å². The average Bonchev–Trinajstić information content (AvgIpc) is 2.57. The number of pyridine rings is 1. The lowest BCUT2D eigenvalue weighted by Gasteiger charge is -2.34. The fourth-order valence-electron chi connectivity index (χ4n) is 3.09. The van der Waals surface area contributed by atoms with E-state index >= 15 is 0 Å². The van der Waals surface area contributed by atoms with Gasteiger partial charge in [0.2, 0.25) is 0 Å². The lowest BCUT2D eigenvalue weighted by Crippen LogP contribution is -2.42. The molecule has 0 spiro atoms. The molecule has 2 bridgehead atoms. The zero-order valence-electron chi connectivity index (χ0n) is 9.90. The Morgan fingerprint density at radius 3 is 2.72 bits per heavy atom. The van der Waals surface area contributed by atoms with Crippen molar-refractivity contribution in [2.75, 3.05) is 0 Å². The summed E-state index contributed by atoms with van der Waals surface area (Å²) in [5.41, 5.74) is 1.15. The molecule has 0 N–H and O–H groups in total. The van der Waals surface area contributed by atoms with Crippen LogP contribution in [0.1, 0.15) is 31.2 Å². The van der Waals surface area contributed by atoms with E-state index in [2.05, 4.69) is 25.8 Å². The molecule has 0 aromatic carbocycles. The number of ketones is 1. The Morgan fingerprint density at radius 2 is 2.06 bits per heavy atom. The van der Waals surface area contributed by atoms with Gasteiger partial charge in [-0.2, -0.15) is 0 Å². The molecule has 0 aliphatic carbocycles. The van der Waals surface area contributed by atoms with Gasteiger partial charge in [0.1, 0.15) is 10.9 Å². The van der Waals surface area contributed by atoms with Gasteiger partial charge >= 0.3 is 0 Å². The molecule has 1 aromatic rings. The fraction of sp³-hybridized carbons (Fsp3) is 0.538. The zero-order chi connectivity index (χ0) is 12.7. The summed E-state index contributed by atoms with van der Waals surface area (Å²) < 4.78 is 0.989. The van der Waals surface area contributed by atoms with Gasteiger partial charge in [0, 0.05) is 42.1 Å². The van der Waals surface area contributed by atoms with Gasteiger partial charge in [-0.25, -0.2) is 4.98 Å². The van der Waals surface area contributed by atoms with E-state index in [0.717, 1.165) is 29.4 Å². The topological polar surface area (TPSA) is 33.2 Å². The number of rotatable bonds is 2. The molecule has 0 radical (unpaired) electrons. The highest BCUT2D eigenvalue weighted by atomic mass is 79.9. The zero-order valence-corrected chi connectivity index (χ0v) is 12.2. The van der Waals surface area contributed by atoms with Crippen molar-refractivity contribution in [2.24, 2.45) is 0 Å². The van der Waals surface area contributed by atoms with Crippen LogP contribution in [0.2, 0.25) is 5.15 Å². The van der Waals surface area contributed by atoms with Crippen LogP contribution in [0, 0.1) is 0 Å². The van der Waals surface area contributed by atoms with Gasteiger partial charge < -0.3 is 0 Å². The normalized spacial score (nSPS) is 27.8. The van der Waals surface area contributed by atoms with Crippen LogP contribution in [0.15, 0.2) is 16.7 Å². The summed E-state index contributed by atoms with van der Waals surface area (Å²) in [5.74, 6) is 0.422. The molecule has 5 heteroatoms. The minimum absolute atomic E-state index is 0.422. The third-order valence-electron chi connectivity index (χ3n) is 3.95. The predicted octanol–water partition coefficient (Wildman–Crippen LogP) is 3.19. The number of nitrogens with zero attached hydrogens (tertiary/aromatic N) is 2. The lowest BCUT2D eigenvalue weighted by atomic mass is 10.0. The molecule has 1 aromatic heterocycles. The van der Waals surface area contributed by atoms with Crippen LogP contribution < -0.4 is 0 Å². The Bertz CT molecular complexity index is 478. The highest BCUT2D eigenvalue weighted by Gasteiger charge is 2.39. The highest BCUT2D eigenvalue weighted by Crippen LogP contribution is 2.36. The SMILES string of the molecule is O=C1CC2CCC(C1)N2Cc1cc(Cl)ncc1Br. The quantitative estimate of drug-likeness (QED) is 0.781. The molecule has 3 heterocycles. The summed E-state index contributed by atoms with van der Waals surface area (Å²) in [4.78, 5) is 18.1. The van der Waals surface area contributed by atoms with Gasteiger partial charge in [-0.3, -0.25) is 9.69 Å². The van der Waals surface area contributed by atoms with Crippen LogP contribution in [0.3, 0.4) is 0 Å². The van der Waals surface area contributed by atoms with Crippen molar-refractivity contribution in [3.63, 3.8) is 0 Å². The van der Waals surface area contributed by atoms with Crippen molar-refractivity contribution in [2.45, 2.75) is 44.3 Å². The lowest BCUT2D eigenvalue weighted by molar-refractivity contribution is -0.123. The molecule has 2 fully saturated rings. The van der Waals surface area contributed by atoms with E-state index in [1.807, 2.05) is 6.07 Å². The summed E-state index contributed by atoms with van der Waals surface area (Å²) >= 11 is 9.46. The Morgan fingerprint density at radius 1 is 1.39 bits per heavy atom. The molecular formula is C13H14BrClN2O. The van der Waals surface area contributed by atoms with E-state index in [4.69, 9.17) is 11.6 Å². The second-order valence-electron chi connectivity index (χ2n) is 5.10. The predicted molar refractivity (Wildman–Crippen MR) is 73.5 cm³/mol. The largest absolute Gasteiger partial charge is 0.300 e. The Balaban J connectivity index is 1.81. The first kappa shape index (κ1) is 12.6. The Labute approximate surface area is 120 Å². The van der Waals surface area contributed by atoms with E-state index in [1.54, 1.807) is 6.20 Å². The summed E-state index contributed by atoms with van der Waals surface area (Å²) in [6, 6.07) is 2.76. The highest BCUT2D eigenvalue weighted by molar-refractivity contribution is 9.10. The van der Waals surface area contributed by atoms with Gasteiger partial charge in [0.25, 0.3) is 0 Å². The summed E-state index contributed by atoms with van der Waals surface area (Å²) in [6.45, 7) is 0.853. The number of aromatic nitrogens is 1. The molecule has 0 amide bonds. The molecule has 2 atom stereocenters. The molecule has 0 saturated carbocycles. The molecule has 18 heavy (non-hydrogen) atoms. The number of fused-ring (bicyclic) bond motifs is 2. The van der Waals surface area contributed by atoms with E-state index in [-0.39, 0.29) is 0 Å². The second-order valence-corrected chi connectivity index (χ2v) is 6.34. The molecule has 2 aliphatic heterocycles. The molecular weight excluding hydrogens is 316 g/mol. The number of piperidine rings is 1. The maximum Gasteiger partial charge on any atom is 0.136 e. The number of hydrogen-bond donors (Lipinski definition) is 0. The first-order valence-electron chi connectivity index (χ1n) is 6.21. The minimum Gasteiger partial charge on any atom is -0.300 e. The van der Waals surface area contributed by atoms with E-state index in [9.17, 15) is 4.79 Å². The monoisotopic (exact) mass is 328 g/mol. The average molecular weight is 330 g/mol. The fourth-order valence-corrected chi connectivity index (χ4v) is 3.61. The van der Waals surface area contributed by atoms with Crippen LogP contribution in [0.4, 0.5) is 0 Å². The molecule has 96 valence electrons. The minimum atomic E-state index is 0.422. The Hall–Kier alpha value is -0.450. The Kier molecular flexibility index (Phi) is 3.43. The van der Waals surface area contributed by atoms with Crippen LogP contribution in [0.5, 0.6) is 0 Å². The number of halogens is 2. The van der Waals surface area contributed by atoms with Gasteiger partial charge in [0.05, 0.1) is 0 Å². The maximum atomic E-state index is 11.6. The first-order valence-corrected chi connectivity index (χ1v) is 7.38. The van der Waals surface area contributed by atoms with E-state index in [0.29, 0.717) is 35.9 Å². The molecule has 2 unspecified atom stereocenters. The van der Waals surface area contributed by atoms with Crippen LogP contribution >= 0.6 is 27.5 Å². The summed E-state index contributed by atoms with van der Waals surface area (Å²) in [7, 11) is 0. The smallest absolute Gasteiger partial charge is 0.136 e. The van der Waals surface area contributed by atoms with Crippen molar-refractivity contribution < 1.29 is 4.79 Å². The van der Waals surface area contributed by atoms with Crippen molar-refractivity contribution in [3.05, 3.63) is 27.5 Å². The van der Waals surface area contributed by atoms with E-state index in [1.165, 1.54) is 0 Å². The number of Topliss-reactive ketones (excluding diaryl/α,β-unsaturated/α-hetero) is 1. The molecule has 2 saturated heterocycles. The van der Waals surface area contributed by atoms with Gasteiger partial charge in [-0.15, -0.1) is 0 Å². The third-order valence-corrected chi connectivity index (χ3v) is 4.87. The maximum absolute atomic E-state index is 11.6. The van der Waals surface area contributed by atoms with Gasteiger partial charge in [-0.05, 0) is 40.4 Å². The second kappa shape index (κ2) is 4.91. The van der Waals surface area contributed by atoms with Crippen LogP contribution in [-0.4, -0.2) is 27.8 Å². The number of hydrogen-bond acceptors (Lipinski definition) is 3. The summed E-state index contributed by atoms with van der Waals surface area (Å²) in [5, 5.41) is 0.522. The van der Waals surface area contributed by atoms with Crippen LogP contribution in [-0.2, 0) is 11.3 Å². The molecule has 3 rings (SSSR count).